The van der Waals surface area contributed by atoms with Gasteiger partial charge in [0.25, 0.3) is 0 Å². The molecule has 4 heteroatoms. The number of ether oxygens (including phenoxy) is 1. The largest absolute Gasteiger partial charge is 0.496 e. The monoisotopic (exact) mass is 283 g/mol. The van der Waals surface area contributed by atoms with Gasteiger partial charge in [-0.1, -0.05) is 13.8 Å². The summed E-state index contributed by atoms with van der Waals surface area (Å²) in [5.41, 5.74) is 5.95. The number of anilines is 1. The highest BCUT2D eigenvalue weighted by molar-refractivity contribution is 5.77. The zero-order chi connectivity index (χ0) is 15.2. The van der Waals surface area contributed by atoms with Crippen molar-refractivity contribution >= 4 is 5.82 Å². The van der Waals surface area contributed by atoms with Crippen LogP contribution in [0.5, 0.6) is 5.75 Å². The molecule has 0 saturated carbocycles. The molecule has 4 nitrogen and oxygen atoms in total. The van der Waals surface area contributed by atoms with E-state index in [1.807, 2.05) is 13.1 Å². The molecule has 0 amide bonds. The van der Waals surface area contributed by atoms with Gasteiger partial charge in [0.15, 0.2) is 0 Å². The van der Waals surface area contributed by atoms with Gasteiger partial charge in [0, 0.05) is 18.2 Å². The number of hydrogen-bond donors (Lipinski definition) is 1. The second-order valence-corrected chi connectivity index (χ2v) is 6.18. The minimum Gasteiger partial charge on any atom is -0.496 e. The highest BCUT2D eigenvalue weighted by atomic mass is 16.5. The fourth-order valence-corrected chi connectivity index (χ4v) is 3.36. The molecule has 0 unspecified atom stereocenters. The normalized spacial score (nSPS) is 15.1. The molecule has 0 bridgehead atoms. The van der Waals surface area contributed by atoms with E-state index in [1.165, 1.54) is 22.3 Å². The third-order valence-corrected chi connectivity index (χ3v) is 4.40. The first-order valence-electron chi connectivity index (χ1n) is 7.19. The quantitative estimate of drug-likeness (QED) is 0.918. The fourth-order valence-electron chi connectivity index (χ4n) is 3.36. The second kappa shape index (κ2) is 4.72. The van der Waals surface area contributed by atoms with Crippen molar-refractivity contribution in [3.63, 3.8) is 0 Å². The lowest BCUT2D eigenvalue weighted by Gasteiger charge is -2.35. The predicted molar refractivity (Wildman–Crippen MR) is 85.0 cm³/mol. The summed E-state index contributed by atoms with van der Waals surface area (Å²) in [7, 11) is 3.63. The summed E-state index contributed by atoms with van der Waals surface area (Å²) in [6.07, 6.45) is 2.59. The molecule has 1 aromatic carbocycles. The smallest absolute Gasteiger partial charge is 0.133 e. The molecule has 0 spiro atoms. The van der Waals surface area contributed by atoms with Crippen molar-refractivity contribution in [2.24, 2.45) is 0 Å². The van der Waals surface area contributed by atoms with Gasteiger partial charge in [0.05, 0.1) is 12.8 Å². The molecule has 2 aromatic rings. The topological polar surface area (TPSA) is 47.0 Å². The van der Waals surface area contributed by atoms with Crippen LogP contribution in [0.25, 0.3) is 11.3 Å². The minimum atomic E-state index is -0.0148. The van der Waals surface area contributed by atoms with E-state index in [0.717, 1.165) is 23.7 Å². The molecule has 1 aromatic heterocycles. The Bertz CT molecular complexity index is 707. The average Bonchev–Trinajstić information content (AvgIpc) is 2.47. The summed E-state index contributed by atoms with van der Waals surface area (Å²) in [4.78, 5) is 8.96. The van der Waals surface area contributed by atoms with Crippen LogP contribution in [-0.2, 0) is 11.8 Å². The maximum Gasteiger partial charge on any atom is 0.133 e. The summed E-state index contributed by atoms with van der Waals surface area (Å²) >= 11 is 0. The van der Waals surface area contributed by atoms with Crippen LogP contribution >= 0.6 is 0 Å². The molecule has 0 atom stereocenters. The average molecular weight is 283 g/mol. The Morgan fingerprint density at radius 3 is 2.67 bits per heavy atom. The molecule has 0 saturated heterocycles. The number of nitrogens with one attached hydrogen (secondary N) is 1. The van der Waals surface area contributed by atoms with Gasteiger partial charge in [-0.2, -0.15) is 0 Å². The van der Waals surface area contributed by atoms with Gasteiger partial charge in [0.1, 0.15) is 17.9 Å². The number of methoxy groups -OCH3 is 1. The van der Waals surface area contributed by atoms with Gasteiger partial charge in [0.2, 0.25) is 0 Å². The van der Waals surface area contributed by atoms with Crippen molar-refractivity contribution in [2.75, 3.05) is 19.5 Å². The summed E-state index contributed by atoms with van der Waals surface area (Å²) in [6.45, 7) is 6.62. The van der Waals surface area contributed by atoms with E-state index < -0.39 is 0 Å². The van der Waals surface area contributed by atoms with Crippen molar-refractivity contribution in [3.05, 3.63) is 35.2 Å². The minimum absolute atomic E-state index is 0.0148. The number of benzene rings is 1. The van der Waals surface area contributed by atoms with Crippen molar-refractivity contribution < 1.29 is 4.74 Å². The predicted octanol–water partition coefficient (Wildman–Crippen LogP) is 3.34. The Morgan fingerprint density at radius 2 is 2.00 bits per heavy atom. The number of nitrogens with zero attached hydrogens (tertiary/aromatic N) is 2. The van der Waals surface area contributed by atoms with Crippen molar-refractivity contribution in [2.45, 2.75) is 32.6 Å². The maximum absolute atomic E-state index is 5.47. The van der Waals surface area contributed by atoms with Crippen LogP contribution in [0.1, 0.15) is 30.5 Å². The second-order valence-electron chi connectivity index (χ2n) is 6.18. The SMILES string of the molecule is CNc1ncnc2c1C(C)(C)Cc1c-2ccc(OC)c1C. The van der Waals surface area contributed by atoms with E-state index in [0.29, 0.717) is 0 Å². The first-order valence-corrected chi connectivity index (χ1v) is 7.19. The molecular weight excluding hydrogens is 262 g/mol. The van der Waals surface area contributed by atoms with Crippen LogP contribution in [-0.4, -0.2) is 24.1 Å². The van der Waals surface area contributed by atoms with Gasteiger partial charge in [-0.05, 0) is 42.0 Å². The van der Waals surface area contributed by atoms with E-state index in [9.17, 15) is 0 Å². The van der Waals surface area contributed by atoms with Gasteiger partial charge >= 0.3 is 0 Å². The Hall–Kier alpha value is -2.10. The Balaban J connectivity index is 2.34. The third-order valence-electron chi connectivity index (χ3n) is 4.40. The van der Waals surface area contributed by atoms with Gasteiger partial charge < -0.3 is 10.1 Å². The van der Waals surface area contributed by atoms with E-state index in [-0.39, 0.29) is 5.41 Å². The highest BCUT2D eigenvalue weighted by Crippen LogP contribution is 2.46. The lowest BCUT2D eigenvalue weighted by molar-refractivity contribution is 0.409. The Labute approximate surface area is 125 Å². The molecule has 1 aliphatic rings. The van der Waals surface area contributed by atoms with E-state index >= 15 is 0 Å². The zero-order valence-electron chi connectivity index (χ0n) is 13.2. The molecule has 21 heavy (non-hydrogen) atoms. The van der Waals surface area contributed by atoms with Crippen LogP contribution in [0.4, 0.5) is 5.82 Å². The number of hydrogen-bond acceptors (Lipinski definition) is 4. The Morgan fingerprint density at radius 1 is 1.24 bits per heavy atom. The van der Waals surface area contributed by atoms with Crippen molar-refractivity contribution in [1.29, 1.82) is 0 Å². The van der Waals surface area contributed by atoms with Crippen LogP contribution in [0, 0.1) is 6.92 Å². The molecular formula is C17H21N3O. The number of fused-ring (bicyclic) bond motifs is 3. The molecule has 1 heterocycles. The summed E-state index contributed by atoms with van der Waals surface area (Å²) in [5.74, 6) is 1.86. The molecule has 110 valence electrons. The molecule has 1 N–H and O–H groups in total. The van der Waals surface area contributed by atoms with Crippen molar-refractivity contribution in [3.8, 4) is 17.0 Å². The van der Waals surface area contributed by atoms with Gasteiger partial charge in [-0.15, -0.1) is 0 Å². The first kappa shape index (κ1) is 13.9. The molecule has 1 aliphatic carbocycles. The van der Waals surface area contributed by atoms with Crippen LogP contribution in [0.15, 0.2) is 18.5 Å². The maximum atomic E-state index is 5.47. The summed E-state index contributed by atoms with van der Waals surface area (Å²) in [6, 6.07) is 4.14. The van der Waals surface area contributed by atoms with Crippen LogP contribution < -0.4 is 10.1 Å². The molecule has 0 radical (unpaired) electrons. The number of rotatable bonds is 2. The lowest BCUT2D eigenvalue weighted by atomic mass is 9.71. The highest BCUT2D eigenvalue weighted by Gasteiger charge is 2.35. The zero-order valence-corrected chi connectivity index (χ0v) is 13.2. The molecule has 0 fully saturated rings. The summed E-state index contributed by atoms with van der Waals surface area (Å²) < 4.78 is 5.47. The summed E-state index contributed by atoms with van der Waals surface area (Å²) in [5, 5.41) is 3.20. The standard InChI is InChI=1S/C17H21N3O/c1-10-12-8-17(2,3)14-15(19-9-20-16(14)18-4)11(12)6-7-13(10)21-5/h6-7,9H,8H2,1-5H3,(H,18,19,20). The fraction of sp³-hybridized carbons (Fsp3) is 0.412. The van der Waals surface area contributed by atoms with E-state index in [1.54, 1.807) is 13.4 Å². The molecule has 3 rings (SSSR count). The Kier molecular flexibility index (Phi) is 3.12. The van der Waals surface area contributed by atoms with E-state index in [2.05, 4.69) is 42.1 Å². The number of aromatic nitrogens is 2. The third kappa shape index (κ3) is 1.97. The van der Waals surface area contributed by atoms with Gasteiger partial charge in [-0.3, -0.25) is 0 Å². The van der Waals surface area contributed by atoms with Crippen LogP contribution in [0.2, 0.25) is 0 Å². The van der Waals surface area contributed by atoms with Gasteiger partial charge in [-0.25, -0.2) is 9.97 Å². The molecule has 0 aliphatic heterocycles. The lowest BCUT2D eigenvalue weighted by Crippen LogP contribution is -2.28. The van der Waals surface area contributed by atoms with Crippen LogP contribution in [0.3, 0.4) is 0 Å². The van der Waals surface area contributed by atoms with E-state index in [4.69, 9.17) is 4.74 Å². The first-order chi connectivity index (χ1) is 9.99. The van der Waals surface area contributed by atoms with Crippen molar-refractivity contribution in [1.82, 2.24) is 9.97 Å².